The number of nitrogens with zero attached hydrogens (tertiary/aromatic N) is 3. The topological polar surface area (TPSA) is 146 Å². The van der Waals surface area contributed by atoms with Crippen LogP contribution in [-0.2, 0) is 22.7 Å². The van der Waals surface area contributed by atoms with Gasteiger partial charge in [0.25, 0.3) is 5.91 Å². The van der Waals surface area contributed by atoms with Crippen molar-refractivity contribution in [3.63, 3.8) is 0 Å². The molecule has 0 aliphatic carbocycles. The molecule has 2 aromatic carbocycles. The summed E-state index contributed by atoms with van der Waals surface area (Å²) in [4.78, 5) is 45.5. The van der Waals surface area contributed by atoms with Crippen molar-refractivity contribution in [3.8, 4) is 11.5 Å². The van der Waals surface area contributed by atoms with Crippen LogP contribution in [0.5, 0.6) is 11.5 Å². The number of fused-ring (bicyclic) bond motifs is 2. The molecule has 0 radical (unpaired) electrons. The zero-order chi connectivity index (χ0) is 31.2. The van der Waals surface area contributed by atoms with Crippen molar-refractivity contribution < 1.29 is 34.1 Å². The van der Waals surface area contributed by atoms with Crippen molar-refractivity contribution in [1.82, 2.24) is 14.7 Å². The van der Waals surface area contributed by atoms with E-state index < -0.39 is 23.8 Å². The van der Waals surface area contributed by atoms with Crippen LogP contribution in [0.4, 0.5) is 0 Å². The molecule has 1 saturated heterocycles. The lowest BCUT2D eigenvalue weighted by atomic mass is 9.83. The molecule has 0 bridgehead atoms. The Morgan fingerprint density at radius 1 is 1.11 bits per heavy atom. The van der Waals surface area contributed by atoms with Crippen LogP contribution in [0.25, 0.3) is 0 Å². The number of hydrogen-bond acceptors (Lipinski definition) is 8. The first-order valence-electron chi connectivity index (χ1n) is 15.7. The molecule has 5 rings (SSSR count). The van der Waals surface area contributed by atoms with E-state index in [1.165, 1.54) is 0 Å². The van der Waals surface area contributed by atoms with Crippen molar-refractivity contribution in [2.24, 2.45) is 11.7 Å². The fraction of sp³-hybridized carbons (Fsp3) is 0.545. The quantitative estimate of drug-likeness (QED) is 0.260. The first-order valence-corrected chi connectivity index (χ1v) is 15.7. The zero-order valence-electron chi connectivity index (χ0n) is 25.5. The third-order valence-electron chi connectivity index (χ3n) is 9.15. The van der Waals surface area contributed by atoms with Crippen LogP contribution >= 0.6 is 0 Å². The Bertz CT molecular complexity index is 1350. The Morgan fingerprint density at radius 2 is 1.91 bits per heavy atom. The number of carbonyl (C=O) groups is 3. The number of aliphatic hydroxyl groups excluding tert-OH is 1. The predicted molar refractivity (Wildman–Crippen MR) is 163 cm³/mol. The number of hydrogen-bond donors (Lipinski definition) is 3. The van der Waals surface area contributed by atoms with Gasteiger partial charge in [-0.15, -0.1) is 0 Å². The lowest BCUT2D eigenvalue weighted by molar-refractivity contribution is -0.144. The second-order valence-corrected chi connectivity index (χ2v) is 11.9. The Hall–Kier alpha value is -3.67. The fourth-order valence-electron chi connectivity index (χ4n) is 6.84. The molecule has 3 heterocycles. The SMILES string of the molecule is CCCCN(CCCCN)C(=O)CN1C[C@H](c2cc(CO)c3c(c2)OCO3)[C@@H](C(=O)O)[C@@H]1CCN1Cc2ccccc2C1=O. The van der Waals surface area contributed by atoms with Crippen molar-refractivity contribution in [1.29, 1.82) is 0 Å². The van der Waals surface area contributed by atoms with Crippen LogP contribution in [0.1, 0.15) is 72.0 Å². The summed E-state index contributed by atoms with van der Waals surface area (Å²) in [6.45, 7) is 4.96. The highest BCUT2D eigenvalue weighted by atomic mass is 16.7. The lowest BCUT2D eigenvalue weighted by Gasteiger charge is -2.31. The number of unbranched alkanes of at least 4 members (excludes halogenated alkanes) is 2. The molecule has 0 aromatic heterocycles. The van der Waals surface area contributed by atoms with Crippen molar-refractivity contribution in [2.45, 2.75) is 64.1 Å². The van der Waals surface area contributed by atoms with Gasteiger partial charge in [-0.3, -0.25) is 19.3 Å². The molecule has 0 spiro atoms. The average molecular weight is 609 g/mol. The molecule has 3 aliphatic heterocycles. The summed E-state index contributed by atoms with van der Waals surface area (Å²) in [6, 6.07) is 10.6. The summed E-state index contributed by atoms with van der Waals surface area (Å²) in [5, 5.41) is 20.7. The molecule has 3 atom stereocenters. The number of aliphatic hydroxyl groups is 1. The van der Waals surface area contributed by atoms with E-state index in [-0.39, 0.29) is 31.8 Å². The number of benzene rings is 2. The molecule has 238 valence electrons. The number of rotatable bonds is 15. The van der Waals surface area contributed by atoms with E-state index in [2.05, 4.69) is 6.92 Å². The number of likely N-dealkylation sites (tertiary alicyclic amines) is 1. The third kappa shape index (κ3) is 6.69. The van der Waals surface area contributed by atoms with Gasteiger partial charge < -0.3 is 35.2 Å². The first kappa shape index (κ1) is 31.7. The van der Waals surface area contributed by atoms with Gasteiger partial charge in [-0.1, -0.05) is 31.5 Å². The Morgan fingerprint density at radius 3 is 2.64 bits per heavy atom. The van der Waals surface area contributed by atoms with Gasteiger partial charge in [0.1, 0.15) is 0 Å². The van der Waals surface area contributed by atoms with Gasteiger partial charge in [0.2, 0.25) is 12.7 Å². The van der Waals surface area contributed by atoms with E-state index >= 15 is 0 Å². The Balaban J connectivity index is 1.41. The summed E-state index contributed by atoms with van der Waals surface area (Å²) < 4.78 is 11.2. The number of ether oxygens (including phenoxy) is 2. The fourth-order valence-corrected chi connectivity index (χ4v) is 6.84. The molecule has 4 N–H and O–H groups in total. The second kappa shape index (κ2) is 14.4. The van der Waals surface area contributed by atoms with Crippen LogP contribution < -0.4 is 15.2 Å². The van der Waals surface area contributed by atoms with Crippen molar-refractivity contribution in [2.75, 3.05) is 46.1 Å². The van der Waals surface area contributed by atoms with E-state index in [9.17, 15) is 24.6 Å². The highest BCUT2D eigenvalue weighted by molar-refractivity contribution is 5.98. The number of aliphatic carboxylic acids is 1. The van der Waals surface area contributed by atoms with E-state index in [1.54, 1.807) is 17.0 Å². The summed E-state index contributed by atoms with van der Waals surface area (Å²) in [6.07, 6.45) is 3.89. The molecule has 1 fully saturated rings. The number of carboxylic acids is 1. The van der Waals surface area contributed by atoms with Gasteiger partial charge in [0.15, 0.2) is 11.5 Å². The van der Waals surface area contributed by atoms with E-state index in [4.69, 9.17) is 15.2 Å². The molecular formula is C33H44N4O7. The molecule has 11 heteroatoms. The normalized spacial score (nSPS) is 20.8. The van der Waals surface area contributed by atoms with Crippen LogP contribution in [0.2, 0.25) is 0 Å². The summed E-state index contributed by atoms with van der Waals surface area (Å²) >= 11 is 0. The minimum Gasteiger partial charge on any atom is -0.481 e. The lowest BCUT2D eigenvalue weighted by Crippen LogP contribution is -2.45. The smallest absolute Gasteiger partial charge is 0.308 e. The molecule has 0 unspecified atom stereocenters. The highest BCUT2D eigenvalue weighted by Crippen LogP contribution is 2.44. The van der Waals surface area contributed by atoms with Crippen LogP contribution in [-0.4, -0.2) is 94.8 Å². The van der Waals surface area contributed by atoms with E-state index in [1.807, 2.05) is 34.1 Å². The highest BCUT2D eigenvalue weighted by Gasteiger charge is 2.48. The molecule has 2 amide bonds. The third-order valence-corrected chi connectivity index (χ3v) is 9.15. The second-order valence-electron chi connectivity index (χ2n) is 11.9. The first-order chi connectivity index (χ1) is 21.4. The Kier molecular flexibility index (Phi) is 10.4. The average Bonchev–Trinajstić information content (AvgIpc) is 3.73. The molecule has 0 saturated carbocycles. The molecule has 3 aliphatic rings. The van der Waals surface area contributed by atoms with Crippen molar-refractivity contribution in [3.05, 3.63) is 58.7 Å². The number of nitrogens with two attached hydrogens (primary N) is 1. The molecule has 11 nitrogen and oxygen atoms in total. The summed E-state index contributed by atoms with van der Waals surface area (Å²) in [5.74, 6) is -1.39. The maximum Gasteiger partial charge on any atom is 0.308 e. The van der Waals surface area contributed by atoms with Gasteiger partial charge in [0, 0.05) is 55.8 Å². The number of carboxylic acid groups (broad SMARTS) is 1. The largest absolute Gasteiger partial charge is 0.481 e. The van der Waals surface area contributed by atoms with E-state index in [0.717, 1.165) is 36.8 Å². The predicted octanol–water partition coefficient (Wildman–Crippen LogP) is 2.79. The maximum absolute atomic E-state index is 13.8. The van der Waals surface area contributed by atoms with Crippen LogP contribution in [0.3, 0.4) is 0 Å². The summed E-state index contributed by atoms with van der Waals surface area (Å²) in [5.41, 5.74) is 8.61. The van der Waals surface area contributed by atoms with Crippen LogP contribution in [0, 0.1) is 5.92 Å². The molecule has 44 heavy (non-hydrogen) atoms. The molecule has 2 aromatic rings. The van der Waals surface area contributed by atoms with Gasteiger partial charge in [-0.2, -0.15) is 0 Å². The van der Waals surface area contributed by atoms with Gasteiger partial charge >= 0.3 is 5.97 Å². The number of carbonyl (C=O) groups excluding carboxylic acids is 2. The van der Waals surface area contributed by atoms with Gasteiger partial charge in [-0.25, -0.2) is 0 Å². The summed E-state index contributed by atoms with van der Waals surface area (Å²) in [7, 11) is 0. The minimum atomic E-state index is -0.958. The number of amides is 2. The minimum absolute atomic E-state index is 0.0309. The molecular weight excluding hydrogens is 564 g/mol. The zero-order valence-corrected chi connectivity index (χ0v) is 25.5. The van der Waals surface area contributed by atoms with Gasteiger partial charge in [-0.05, 0) is 61.6 Å². The van der Waals surface area contributed by atoms with Crippen LogP contribution in [0.15, 0.2) is 36.4 Å². The monoisotopic (exact) mass is 608 g/mol. The standard InChI is InChI=1S/C33H44N4O7/c1-2-3-12-35(13-7-6-11-34)29(39)19-37-18-26(23-15-24(20-38)31-28(16-23)43-21-44-31)30(33(41)42)27(37)10-14-36-17-22-8-4-5-9-25(22)32(36)40/h4-5,8-9,15-16,26-27,30,38H,2-3,6-7,10-14,17-21,34H2,1H3,(H,41,42)/t26-,27+,30-/m1/s1. The Labute approximate surface area is 258 Å². The van der Waals surface area contributed by atoms with E-state index in [0.29, 0.717) is 68.3 Å². The maximum atomic E-state index is 13.8. The van der Waals surface area contributed by atoms with Crippen molar-refractivity contribution >= 4 is 17.8 Å². The van der Waals surface area contributed by atoms with Gasteiger partial charge in [0.05, 0.1) is 19.1 Å².